The fourth-order valence-electron chi connectivity index (χ4n) is 3.18. The fraction of sp³-hybridized carbons (Fsp3) is 0.400. The first-order valence-electron chi connectivity index (χ1n) is 9.35. The lowest BCUT2D eigenvalue weighted by atomic mass is 9.84. The summed E-state index contributed by atoms with van der Waals surface area (Å²) in [5.41, 5.74) is 2.35. The van der Waals surface area contributed by atoms with Gasteiger partial charge in [-0.05, 0) is 23.5 Å². The summed E-state index contributed by atoms with van der Waals surface area (Å²) in [6, 6.07) is 5.90. The first-order valence-corrected chi connectivity index (χ1v) is 9.35. The molecule has 0 radical (unpaired) electrons. The number of hydrogen-bond acceptors (Lipinski definition) is 5. The van der Waals surface area contributed by atoms with Crippen molar-refractivity contribution in [3.63, 3.8) is 0 Å². The number of halogens is 1. The van der Waals surface area contributed by atoms with Gasteiger partial charge in [0.25, 0.3) is 0 Å². The van der Waals surface area contributed by atoms with Crippen LogP contribution < -0.4 is 5.32 Å². The van der Waals surface area contributed by atoms with E-state index in [1.807, 2.05) is 6.07 Å². The standard InChI is InChI=1S/C20H24FN7/c1-4-13(2)14(3)19(20-16(7-22)10-25-27-20)24-9-15-5-6-18(23-8-15)28-12-17(21)11-26-28/h5-6,8,10-14,19,24H,4,9H2,1-3H3,(H,25,27)/t13-,14-,19?/m1/s1. The lowest BCUT2D eigenvalue weighted by molar-refractivity contribution is 0.274. The second-order valence-electron chi connectivity index (χ2n) is 7.04. The molecule has 8 heteroatoms. The molecule has 0 aliphatic heterocycles. The van der Waals surface area contributed by atoms with Crippen LogP contribution in [0.25, 0.3) is 5.82 Å². The zero-order chi connectivity index (χ0) is 20.1. The molecule has 3 heterocycles. The molecular formula is C20H24FN7. The summed E-state index contributed by atoms with van der Waals surface area (Å²) < 4.78 is 14.5. The van der Waals surface area contributed by atoms with E-state index in [0.717, 1.165) is 23.9 Å². The minimum absolute atomic E-state index is 0.0352. The van der Waals surface area contributed by atoms with E-state index in [4.69, 9.17) is 0 Å². The summed E-state index contributed by atoms with van der Waals surface area (Å²) in [4.78, 5) is 4.35. The molecule has 3 aromatic heterocycles. The predicted octanol–water partition coefficient (Wildman–Crippen LogP) is 3.51. The van der Waals surface area contributed by atoms with E-state index in [2.05, 4.69) is 52.4 Å². The van der Waals surface area contributed by atoms with E-state index < -0.39 is 5.82 Å². The zero-order valence-corrected chi connectivity index (χ0v) is 16.2. The quantitative estimate of drug-likeness (QED) is 0.622. The third kappa shape index (κ3) is 4.26. The van der Waals surface area contributed by atoms with E-state index in [1.165, 1.54) is 10.9 Å². The van der Waals surface area contributed by atoms with Gasteiger partial charge in [0.15, 0.2) is 11.6 Å². The number of H-pyrrole nitrogens is 1. The zero-order valence-electron chi connectivity index (χ0n) is 16.2. The van der Waals surface area contributed by atoms with Crippen LogP contribution in [0.5, 0.6) is 0 Å². The number of pyridine rings is 1. The Labute approximate surface area is 163 Å². The highest BCUT2D eigenvalue weighted by atomic mass is 19.1. The molecule has 1 unspecified atom stereocenters. The van der Waals surface area contributed by atoms with E-state index in [9.17, 15) is 9.65 Å². The topological polar surface area (TPSA) is 95.2 Å². The molecule has 3 aromatic rings. The fourth-order valence-corrected chi connectivity index (χ4v) is 3.18. The highest BCUT2D eigenvalue weighted by Gasteiger charge is 2.26. The highest BCUT2D eigenvalue weighted by molar-refractivity contribution is 5.33. The van der Waals surface area contributed by atoms with Gasteiger partial charge in [-0.25, -0.2) is 14.1 Å². The van der Waals surface area contributed by atoms with E-state index >= 15 is 0 Å². The van der Waals surface area contributed by atoms with Crippen LogP contribution in [0.15, 0.2) is 36.9 Å². The van der Waals surface area contributed by atoms with Crippen LogP contribution in [0, 0.1) is 29.0 Å². The average molecular weight is 381 g/mol. The molecule has 0 spiro atoms. The van der Waals surface area contributed by atoms with Crippen molar-refractivity contribution in [2.75, 3.05) is 0 Å². The SMILES string of the molecule is CC[C@@H](C)[C@@H](C)C(NCc1ccc(-n2cc(F)cn2)nc1)c1[nH]ncc1C#N. The molecule has 2 N–H and O–H groups in total. The number of aromatic nitrogens is 5. The summed E-state index contributed by atoms with van der Waals surface area (Å²) in [7, 11) is 0. The van der Waals surface area contributed by atoms with E-state index in [0.29, 0.717) is 29.8 Å². The number of aromatic amines is 1. The first-order chi connectivity index (χ1) is 13.5. The summed E-state index contributed by atoms with van der Waals surface area (Å²) in [5, 5.41) is 23.9. The van der Waals surface area contributed by atoms with Crippen molar-refractivity contribution in [2.24, 2.45) is 11.8 Å². The van der Waals surface area contributed by atoms with Crippen LogP contribution in [0.4, 0.5) is 4.39 Å². The number of hydrogen-bond donors (Lipinski definition) is 2. The van der Waals surface area contributed by atoms with Gasteiger partial charge in [-0.2, -0.15) is 15.5 Å². The summed E-state index contributed by atoms with van der Waals surface area (Å²) in [6.45, 7) is 7.13. The number of nitrogens with one attached hydrogen (secondary N) is 2. The van der Waals surface area contributed by atoms with E-state index in [1.54, 1.807) is 18.5 Å². The maximum absolute atomic E-state index is 13.1. The molecule has 0 aliphatic carbocycles. The molecule has 0 saturated heterocycles. The first kappa shape index (κ1) is 19.7. The third-order valence-electron chi connectivity index (χ3n) is 5.29. The molecule has 0 amide bonds. The smallest absolute Gasteiger partial charge is 0.161 e. The van der Waals surface area contributed by atoms with Crippen molar-refractivity contribution < 1.29 is 4.39 Å². The number of nitrogens with zero attached hydrogens (tertiary/aromatic N) is 5. The number of rotatable bonds is 8. The lowest BCUT2D eigenvalue weighted by Gasteiger charge is -2.29. The Balaban J connectivity index is 1.75. The number of nitriles is 1. The lowest BCUT2D eigenvalue weighted by Crippen LogP contribution is -2.31. The van der Waals surface area contributed by atoms with Gasteiger partial charge in [0.05, 0.1) is 35.9 Å². The molecule has 146 valence electrons. The Kier molecular flexibility index (Phi) is 6.16. The van der Waals surface area contributed by atoms with Crippen molar-refractivity contribution >= 4 is 0 Å². The van der Waals surface area contributed by atoms with E-state index in [-0.39, 0.29) is 6.04 Å². The molecule has 0 fully saturated rings. The highest BCUT2D eigenvalue weighted by Crippen LogP contribution is 2.30. The van der Waals surface area contributed by atoms with Crippen LogP contribution in [0.1, 0.15) is 50.1 Å². The Morgan fingerprint density at radius 3 is 2.71 bits per heavy atom. The summed E-state index contributed by atoms with van der Waals surface area (Å²) >= 11 is 0. The van der Waals surface area contributed by atoms with Crippen molar-refractivity contribution in [1.82, 2.24) is 30.3 Å². The van der Waals surface area contributed by atoms with Crippen molar-refractivity contribution in [1.29, 1.82) is 5.26 Å². The van der Waals surface area contributed by atoms with Crippen LogP contribution in [0.3, 0.4) is 0 Å². The second kappa shape index (κ2) is 8.76. The summed E-state index contributed by atoms with van der Waals surface area (Å²) in [5.74, 6) is 0.930. The van der Waals surface area contributed by atoms with Crippen LogP contribution in [-0.4, -0.2) is 25.0 Å². The van der Waals surface area contributed by atoms with Gasteiger partial charge in [-0.3, -0.25) is 5.10 Å². The molecule has 0 saturated carbocycles. The molecule has 0 aromatic carbocycles. The van der Waals surface area contributed by atoms with Gasteiger partial charge < -0.3 is 5.32 Å². The van der Waals surface area contributed by atoms with Gasteiger partial charge in [0.2, 0.25) is 0 Å². The molecule has 0 aliphatic rings. The van der Waals surface area contributed by atoms with Crippen LogP contribution in [0.2, 0.25) is 0 Å². The van der Waals surface area contributed by atoms with Gasteiger partial charge in [-0.1, -0.05) is 33.3 Å². The van der Waals surface area contributed by atoms with Crippen molar-refractivity contribution in [3.05, 3.63) is 59.6 Å². The third-order valence-corrected chi connectivity index (χ3v) is 5.29. The Morgan fingerprint density at radius 1 is 1.29 bits per heavy atom. The van der Waals surface area contributed by atoms with Gasteiger partial charge >= 0.3 is 0 Å². The average Bonchev–Trinajstić information content (AvgIpc) is 3.36. The molecule has 7 nitrogen and oxygen atoms in total. The minimum Gasteiger partial charge on any atom is -0.304 e. The van der Waals surface area contributed by atoms with Crippen LogP contribution >= 0.6 is 0 Å². The molecule has 3 rings (SSSR count). The van der Waals surface area contributed by atoms with Crippen molar-refractivity contribution in [2.45, 2.75) is 39.8 Å². The molecular weight excluding hydrogens is 357 g/mol. The maximum Gasteiger partial charge on any atom is 0.161 e. The largest absolute Gasteiger partial charge is 0.304 e. The molecule has 0 bridgehead atoms. The van der Waals surface area contributed by atoms with Gasteiger partial charge in [0, 0.05) is 12.7 Å². The van der Waals surface area contributed by atoms with Gasteiger partial charge in [-0.15, -0.1) is 0 Å². The summed E-state index contributed by atoms with van der Waals surface area (Å²) in [6.07, 6.45) is 6.78. The van der Waals surface area contributed by atoms with Crippen molar-refractivity contribution in [3.8, 4) is 11.9 Å². The van der Waals surface area contributed by atoms with Crippen LogP contribution in [-0.2, 0) is 6.54 Å². The van der Waals surface area contributed by atoms with Gasteiger partial charge in [0.1, 0.15) is 6.07 Å². The Hall–Kier alpha value is -3.05. The maximum atomic E-state index is 13.1. The molecule has 3 atom stereocenters. The second-order valence-corrected chi connectivity index (χ2v) is 7.04. The minimum atomic E-state index is -0.401. The Morgan fingerprint density at radius 2 is 2.11 bits per heavy atom. The molecule has 28 heavy (non-hydrogen) atoms. The predicted molar refractivity (Wildman–Crippen MR) is 103 cm³/mol. The Bertz CT molecular complexity index is 938. The monoisotopic (exact) mass is 381 g/mol. The normalized spacial score (nSPS) is 14.4.